The number of anilines is 1. The molecule has 0 aliphatic carbocycles. The zero-order valence-electron chi connectivity index (χ0n) is 14.4. The lowest BCUT2D eigenvalue weighted by molar-refractivity contribution is -0.117. The number of H-pyrrole nitrogens is 1. The Morgan fingerprint density at radius 1 is 1.15 bits per heavy atom. The lowest BCUT2D eigenvalue weighted by atomic mass is 9.96. The maximum Gasteiger partial charge on any atom is 0.238 e. The predicted octanol–water partition coefficient (Wildman–Crippen LogP) is 3.52. The maximum absolute atomic E-state index is 13.6. The van der Waals surface area contributed by atoms with Gasteiger partial charge in [-0.05, 0) is 50.2 Å². The van der Waals surface area contributed by atoms with Gasteiger partial charge >= 0.3 is 0 Å². The molecule has 26 heavy (non-hydrogen) atoms. The number of imidazole rings is 1. The average Bonchev–Trinajstić information content (AvgIpc) is 3.08. The van der Waals surface area contributed by atoms with Crippen LogP contribution < -0.4 is 5.32 Å². The molecule has 134 valence electrons. The lowest BCUT2D eigenvalue weighted by Crippen LogP contribution is -2.39. The van der Waals surface area contributed by atoms with Gasteiger partial charge in [-0.2, -0.15) is 0 Å². The highest BCUT2D eigenvalue weighted by molar-refractivity contribution is 5.92. The summed E-state index contributed by atoms with van der Waals surface area (Å²) in [7, 11) is 0. The van der Waals surface area contributed by atoms with Gasteiger partial charge in [-0.15, -0.1) is 0 Å². The topological polar surface area (TPSA) is 61.0 Å². The van der Waals surface area contributed by atoms with Crippen molar-refractivity contribution in [3.63, 3.8) is 0 Å². The van der Waals surface area contributed by atoms with Crippen molar-refractivity contribution in [1.29, 1.82) is 0 Å². The smallest absolute Gasteiger partial charge is 0.238 e. The molecule has 1 aliphatic rings. The van der Waals surface area contributed by atoms with Gasteiger partial charge in [-0.1, -0.05) is 24.3 Å². The fourth-order valence-corrected chi connectivity index (χ4v) is 3.49. The third-order valence-corrected chi connectivity index (χ3v) is 4.90. The number of amides is 1. The van der Waals surface area contributed by atoms with E-state index in [1.807, 2.05) is 24.3 Å². The number of benzene rings is 2. The molecule has 1 saturated heterocycles. The van der Waals surface area contributed by atoms with E-state index in [4.69, 9.17) is 4.98 Å². The molecule has 0 atom stereocenters. The summed E-state index contributed by atoms with van der Waals surface area (Å²) in [6.07, 6.45) is 1.90. The van der Waals surface area contributed by atoms with Crippen LogP contribution in [-0.2, 0) is 4.79 Å². The van der Waals surface area contributed by atoms with E-state index in [0.29, 0.717) is 5.92 Å². The maximum atomic E-state index is 13.6. The molecule has 1 amide bonds. The van der Waals surface area contributed by atoms with Crippen LogP contribution >= 0.6 is 0 Å². The van der Waals surface area contributed by atoms with Gasteiger partial charge < -0.3 is 10.3 Å². The minimum atomic E-state index is -0.413. The van der Waals surface area contributed by atoms with Gasteiger partial charge in [-0.3, -0.25) is 9.69 Å². The van der Waals surface area contributed by atoms with Crippen LogP contribution in [0.15, 0.2) is 48.5 Å². The van der Waals surface area contributed by atoms with Gasteiger partial charge in [0.1, 0.15) is 11.6 Å². The van der Waals surface area contributed by atoms with E-state index in [9.17, 15) is 9.18 Å². The number of carbonyl (C=O) groups excluding carboxylic acids is 1. The van der Waals surface area contributed by atoms with Crippen molar-refractivity contribution in [3.8, 4) is 0 Å². The number of hydrogen-bond donors (Lipinski definition) is 2. The quantitative estimate of drug-likeness (QED) is 0.755. The Balaban J connectivity index is 1.32. The van der Waals surface area contributed by atoms with E-state index < -0.39 is 5.82 Å². The molecule has 0 radical (unpaired) electrons. The summed E-state index contributed by atoms with van der Waals surface area (Å²) in [5.41, 5.74) is 2.29. The molecular formula is C20H21FN4O. The van der Waals surface area contributed by atoms with Crippen LogP contribution in [0.25, 0.3) is 11.0 Å². The highest BCUT2D eigenvalue weighted by Crippen LogP contribution is 2.27. The Morgan fingerprint density at radius 3 is 2.65 bits per heavy atom. The van der Waals surface area contributed by atoms with Gasteiger partial charge in [0.25, 0.3) is 0 Å². The standard InChI is InChI=1S/C20H21FN4O/c21-15-5-1-2-6-16(15)22-19(26)13-25-11-9-14(10-12-25)20-23-17-7-3-4-8-18(17)24-20/h1-8,14H,9-13H2,(H,22,26)(H,23,24). The zero-order chi connectivity index (χ0) is 17.9. The van der Waals surface area contributed by atoms with Crippen LogP contribution in [0, 0.1) is 5.82 Å². The van der Waals surface area contributed by atoms with Crippen LogP contribution in [0.1, 0.15) is 24.6 Å². The van der Waals surface area contributed by atoms with E-state index in [1.165, 1.54) is 6.07 Å². The number of rotatable bonds is 4. The first-order valence-electron chi connectivity index (χ1n) is 8.90. The van der Waals surface area contributed by atoms with Gasteiger partial charge in [0.05, 0.1) is 23.3 Å². The summed E-state index contributed by atoms with van der Waals surface area (Å²) in [6, 6.07) is 14.3. The molecule has 3 aromatic rings. The molecule has 0 saturated carbocycles. The number of piperidine rings is 1. The molecule has 0 bridgehead atoms. The van der Waals surface area contributed by atoms with Crippen LogP contribution in [0.4, 0.5) is 10.1 Å². The van der Waals surface area contributed by atoms with E-state index in [1.54, 1.807) is 18.2 Å². The summed E-state index contributed by atoms with van der Waals surface area (Å²) in [4.78, 5) is 22.4. The molecule has 5 nitrogen and oxygen atoms in total. The molecular weight excluding hydrogens is 331 g/mol. The van der Waals surface area contributed by atoms with Crippen LogP contribution in [-0.4, -0.2) is 40.4 Å². The highest BCUT2D eigenvalue weighted by Gasteiger charge is 2.24. The van der Waals surface area contributed by atoms with Gasteiger partial charge in [-0.25, -0.2) is 9.37 Å². The summed E-state index contributed by atoms with van der Waals surface area (Å²) in [5, 5.41) is 2.64. The first kappa shape index (κ1) is 16.7. The number of nitrogens with zero attached hydrogens (tertiary/aromatic N) is 2. The van der Waals surface area contributed by atoms with E-state index in [-0.39, 0.29) is 18.1 Å². The van der Waals surface area contributed by atoms with Crippen LogP contribution in [0.5, 0.6) is 0 Å². The van der Waals surface area contributed by atoms with Crippen molar-refractivity contribution in [1.82, 2.24) is 14.9 Å². The van der Waals surface area contributed by atoms with Crippen molar-refractivity contribution < 1.29 is 9.18 Å². The summed E-state index contributed by atoms with van der Waals surface area (Å²) in [5.74, 6) is 0.816. The third-order valence-electron chi connectivity index (χ3n) is 4.90. The van der Waals surface area contributed by atoms with E-state index >= 15 is 0 Å². The largest absolute Gasteiger partial charge is 0.342 e. The summed E-state index contributed by atoms with van der Waals surface area (Å²) in [6.45, 7) is 1.93. The molecule has 2 N–H and O–H groups in total. The van der Waals surface area contributed by atoms with E-state index in [0.717, 1.165) is 42.8 Å². The monoisotopic (exact) mass is 352 g/mol. The number of aromatic nitrogens is 2. The second-order valence-electron chi connectivity index (χ2n) is 6.72. The van der Waals surface area contributed by atoms with Gasteiger partial charge in [0, 0.05) is 5.92 Å². The molecule has 2 aromatic carbocycles. The summed E-state index contributed by atoms with van der Waals surface area (Å²) >= 11 is 0. The molecule has 1 aliphatic heterocycles. The molecule has 1 aromatic heterocycles. The SMILES string of the molecule is O=C(CN1CCC(c2nc3ccccc3[nH]2)CC1)Nc1ccccc1F. The average molecular weight is 352 g/mol. The first-order valence-corrected chi connectivity index (χ1v) is 8.90. The minimum absolute atomic E-state index is 0.183. The van der Waals surface area contributed by atoms with Gasteiger partial charge in [0.15, 0.2) is 0 Å². The molecule has 4 rings (SSSR count). The summed E-state index contributed by atoms with van der Waals surface area (Å²) < 4.78 is 13.6. The normalized spacial score (nSPS) is 16.0. The number of aromatic amines is 1. The lowest BCUT2D eigenvalue weighted by Gasteiger charge is -2.30. The minimum Gasteiger partial charge on any atom is -0.342 e. The Morgan fingerprint density at radius 2 is 1.88 bits per heavy atom. The third kappa shape index (κ3) is 3.60. The molecule has 0 unspecified atom stereocenters. The number of carbonyl (C=O) groups is 1. The van der Waals surface area contributed by atoms with Crippen molar-refractivity contribution in [3.05, 3.63) is 60.2 Å². The second kappa shape index (κ2) is 7.25. The van der Waals surface area contributed by atoms with Gasteiger partial charge in [0.2, 0.25) is 5.91 Å². The molecule has 0 spiro atoms. The predicted molar refractivity (Wildman–Crippen MR) is 99.5 cm³/mol. The number of para-hydroxylation sites is 3. The molecule has 6 heteroatoms. The Labute approximate surface area is 151 Å². The van der Waals surface area contributed by atoms with Crippen molar-refractivity contribution in [2.24, 2.45) is 0 Å². The Kier molecular flexibility index (Phi) is 4.67. The Bertz CT molecular complexity index is 882. The Hall–Kier alpha value is -2.73. The van der Waals surface area contributed by atoms with Crippen molar-refractivity contribution >= 4 is 22.6 Å². The second-order valence-corrected chi connectivity index (χ2v) is 6.72. The van der Waals surface area contributed by atoms with Crippen molar-refractivity contribution in [2.45, 2.75) is 18.8 Å². The van der Waals surface area contributed by atoms with E-state index in [2.05, 4.69) is 15.2 Å². The number of likely N-dealkylation sites (tertiary alicyclic amines) is 1. The number of nitrogens with one attached hydrogen (secondary N) is 2. The zero-order valence-corrected chi connectivity index (χ0v) is 14.4. The molecule has 2 heterocycles. The fraction of sp³-hybridized carbons (Fsp3) is 0.300. The van der Waals surface area contributed by atoms with Crippen LogP contribution in [0.2, 0.25) is 0 Å². The number of hydrogen-bond acceptors (Lipinski definition) is 3. The number of halogens is 1. The fourth-order valence-electron chi connectivity index (χ4n) is 3.49. The first-order chi connectivity index (χ1) is 12.7. The molecule has 1 fully saturated rings. The van der Waals surface area contributed by atoms with Crippen molar-refractivity contribution in [2.75, 3.05) is 25.0 Å². The number of fused-ring (bicyclic) bond motifs is 1. The highest BCUT2D eigenvalue weighted by atomic mass is 19.1. The van der Waals surface area contributed by atoms with Crippen LogP contribution in [0.3, 0.4) is 0 Å².